The molecule has 0 unspecified atom stereocenters. The van der Waals surface area contributed by atoms with Crippen LogP contribution in [0, 0.1) is 11.8 Å². The summed E-state index contributed by atoms with van der Waals surface area (Å²) in [6, 6.07) is 8.40. The lowest BCUT2D eigenvalue weighted by molar-refractivity contribution is -0.136. The first kappa shape index (κ1) is 20.2. The molecule has 1 aliphatic carbocycles. The van der Waals surface area contributed by atoms with Gasteiger partial charge >= 0.3 is 0 Å². The third-order valence-electron chi connectivity index (χ3n) is 6.66. The standard InChI is InChI=1S/C23H33N3O3/c1-29-20-8-6-17(7-9-20)21(25-12-2-3-13-25)16-24-22(27)18-10-14-26(15-11-18)23(28)19-4-5-19/h6-9,18-19,21H,2-5,10-16H2,1H3,(H,24,27)/t21-/m1/s1. The molecular formula is C23H33N3O3. The normalized spacial score (nSPS) is 21.8. The lowest BCUT2D eigenvalue weighted by atomic mass is 9.95. The van der Waals surface area contributed by atoms with E-state index in [4.69, 9.17) is 4.74 Å². The number of likely N-dealkylation sites (tertiary alicyclic amines) is 2. The number of carbonyl (C=O) groups excluding carboxylic acids is 2. The second-order valence-electron chi connectivity index (χ2n) is 8.65. The SMILES string of the molecule is COc1ccc([C@@H](CNC(=O)C2CCN(C(=O)C3CC3)CC2)N2CCCC2)cc1. The summed E-state index contributed by atoms with van der Waals surface area (Å²) in [5.74, 6) is 1.59. The molecule has 1 saturated carbocycles. The molecule has 3 aliphatic rings. The molecule has 158 valence electrons. The van der Waals surface area contributed by atoms with Gasteiger partial charge in [-0.3, -0.25) is 14.5 Å². The minimum atomic E-state index is 0.0216. The number of piperidine rings is 1. The van der Waals surface area contributed by atoms with Crippen LogP contribution < -0.4 is 10.1 Å². The van der Waals surface area contributed by atoms with Gasteiger partial charge in [-0.15, -0.1) is 0 Å². The van der Waals surface area contributed by atoms with Crippen molar-refractivity contribution in [3.8, 4) is 5.75 Å². The fourth-order valence-electron chi connectivity index (χ4n) is 4.63. The maximum atomic E-state index is 12.8. The molecule has 1 aromatic rings. The molecule has 1 aromatic carbocycles. The van der Waals surface area contributed by atoms with E-state index in [-0.39, 0.29) is 23.8 Å². The van der Waals surface area contributed by atoms with Crippen LogP contribution in [0.25, 0.3) is 0 Å². The van der Waals surface area contributed by atoms with Crippen molar-refractivity contribution in [1.29, 1.82) is 0 Å². The van der Waals surface area contributed by atoms with Gasteiger partial charge in [-0.2, -0.15) is 0 Å². The zero-order valence-electron chi connectivity index (χ0n) is 17.4. The zero-order valence-corrected chi connectivity index (χ0v) is 17.4. The first-order valence-corrected chi connectivity index (χ1v) is 11.1. The second-order valence-corrected chi connectivity index (χ2v) is 8.65. The third kappa shape index (κ3) is 4.92. The van der Waals surface area contributed by atoms with Crippen LogP contribution in [-0.4, -0.2) is 61.4 Å². The molecule has 29 heavy (non-hydrogen) atoms. The van der Waals surface area contributed by atoms with Gasteiger partial charge < -0.3 is 15.0 Å². The van der Waals surface area contributed by atoms with E-state index < -0.39 is 0 Å². The van der Waals surface area contributed by atoms with Crippen molar-refractivity contribution < 1.29 is 14.3 Å². The first-order valence-electron chi connectivity index (χ1n) is 11.1. The van der Waals surface area contributed by atoms with Gasteiger partial charge in [-0.05, 0) is 69.3 Å². The van der Waals surface area contributed by atoms with Gasteiger partial charge in [0.2, 0.25) is 11.8 Å². The molecule has 1 N–H and O–H groups in total. The summed E-state index contributed by atoms with van der Waals surface area (Å²) in [5, 5.41) is 3.22. The van der Waals surface area contributed by atoms with E-state index in [1.807, 2.05) is 17.0 Å². The van der Waals surface area contributed by atoms with Crippen LogP contribution in [0.15, 0.2) is 24.3 Å². The van der Waals surface area contributed by atoms with E-state index in [1.54, 1.807) is 7.11 Å². The second kappa shape index (κ2) is 9.16. The quantitative estimate of drug-likeness (QED) is 0.766. The smallest absolute Gasteiger partial charge is 0.225 e. The van der Waals surface area contributed by atoms with E-state index in [2.05, 4.69) is 22.3 Å². The van der Waals surface area contributed by atoms with E-state index >= 15 is 0 Å². The average Bonchev–Trinajstić information content (AvgIpc) is 3.49. The molecule has 3 fully saturated rings. The summed E-state index contributed by atoms with van der Waals surface area (Å²) in [4.78, 5) is 29.5. The summed E-state index contributed by atoms with van der Waals surface area (Å²) >= 11 is 0. The number of methoxy groups -OCH3 is 1. The maximum absolute atomic E-state index is 12.8. The van der Waals surface area contributed by atoms with Crippen LogP contribution in [0.2, 0.25) is 0 Å². The van der Waals surface area contributed by atoms with Crippen LogP contribution in [0.1, 0.15) is 50.1 Å². The van der Waals surface area contributed by atoms with E-state index in [9.17, 15) is 9.59 Å². The molecule has 0 radical (unpaired) electrons. The molecule has 2 amide bonds. The number of nitrogens with zero attached hydrogens (tertiary/aromatic N) is 2. The number of rotatable bonds is 7. The number of benzene rings is 1. The number of carbonyl (C=O) groups is 2. The molecule has 6 nitrogen and oxygen atoms in total. The molecule has 1 atom stereocenters. The topological polar surface area (TPSA) is 61.9 Å². The Morgan fingerprint density at radius 3 is 2.24 bits per heavy atom. The Morgan fingerprint density at radius 1 is 1.00 bits per heavy atom. The number of ether oxygens (including phenoxy) is 1. The fourth-order valence-corrected chi connectivity index (χ4v) is 4.63. The average molecular weight is 400 g/mol. The van der Waals surface area contributed by atoms with Gasteiger partial charge in [-0.25, -0.2) is 0 Å². The molecule has 2 saturated heterocycles. The molecule has 0 bridgehead atoms. The van der Waals surface area contributed by atoms with Crippen LogP contribution in [-0.2, 0) is 9.59 Å². The number of hydrogen-bond donors (Lipinski definition) is 1. The Kier molecular flexibility index (Phi) is 6.38. The minimum Gasteiger partial charge on any atom is -0.497 e. The van der Waals surface area contributed by atoms with Crippen LogP contribution in [0.4, 0.5) is 0 Å². The Balaban J connectivity index is 1.32. The van der Waals surface area contributed by atoms with Gasteiger partial charge in [0, 0.05) is 31.5 Å². The fraction of sp³-hybridized carbons (Fsp3) is 0.652. The van der Waals surface area contributed by atoms with Crippen molar-refractivity contribution >= 4 is 11.8 Å². The molecule has 4 rings (SSSR count). The van der Waals surface area contributed by atoms with Gasteiger partial charge in [0.1, 0.15) is 5.75 Å². The van der Waals surface area contributed by atoms with E-state index in [0.29, 0.717) is 12.5 Å². The van der Waals surface area contributed by atoms with Crippen LogP contribution in [0.3, 0.4) is 0 Å². The lowest BCUT2D eigenvalue weighted by Crippen LogP contribution is -2.45. The number of amides is 2. The summed E-state index contributed by atoms with van der Waals surface area (Å²) in [6.07, 6.45) is 6.08. The highest BCUT2D eigenvalue weighted by molar-refractivity contribution is 5.82. The molecule has 0 aromatic heterocycles. The Labute approximate surface area is 173 Å². The Morgan fingerprint density at radius 2 is 1.66 bits per heavy atom. The highest BCUT2D eigenvalue weighted by Crippen LogP contribution is 2.32. The number of hydrogen-bond acceptors (Lipinski definition) is 4. The van der Waals surface area contributed by atoms with Crippen molar-refractivity contribution in [2.75, 3.05) is 39.8 Å². The van der Waals surface area contributed by atoms with E-state index in [1.165, 1.54) is 18.4 Å². The summed E-state index contributed by atoms with van der Waals surface area (Å²) in [7, 11) is 1.68. The van der Waals surface area contributed by atoms with Crippen LogP contribution >= 0.6 is 0 Å². The Hall–Kier alpha value is -2.08. The largest absolute Gasteiger partial charge is 0.497 e. The molecule has 6 heteroatoms. The predicted octanol–water partition coefficient (Wildman–Crippen LogP) is 2.60. The van der Waals surface area contributed by atoms with Crippen molar-refractivity contribution in [3.63, 3.8) is 0 Å². The predicted molar refractivity (Wildman–Crippen MR) is 112 cm³/mol. The summed E-state index contributed by atoms with van der Waals surface area (Å²) in [6.45, 7) is 4.23. The van der Waals surface area contributed by atoms with Crippen molar-refractivity contribution in [3.05, 3.63) is 29.8 Å². The monoisotopic (exact) mass is 399 g/mol. The first-order chi connectivity index (χ1) is 14.2. The number of nitrogens with one attached hydrogen (secondary N) is 1. The highest BCUT2D eigenvalue weighted by atomic mass is 16.5. The zero-order chi connectivity index (χ0) is 20.2. The third-order valence-corrected chi connectivity index (χ3v) is 6.66. The molecular weight excluding hydrogens is 366 g/mol. The van der Waals surface area contributed by atoms with Crippen molar-refractivity contribution in [1.82, 2.24) is 15.1 Å². The minimum absolute atomic E-state index is 0.0216. The highest BCUT2D eigenvalue weighted by Gasteiger charge is 2.36. The molecule has 2 heterocycles. The molecule has 0 spiro atoms. The van der Waals surface area contributed by atoms with Gasteiger partial charge in [0.05, 0.1) is 13.2 Å². The maximum Gasteiger partial charge on any atom is 0.225 e. The van der Waals surface area contributed by atoms with Crippen molar-refractivity contribution in [2.24, 2.45) is 11.8 Å². The molecule has 2 aliphatic heterocycles. The van der Waals surface area contributed by atoms with Crippen molar-refractivity contribution in [2.45, 2.75) is 44.6 Å². The Bertz CT molecular complexity index is 703. The van der Waals surface area contributed by atoms with Crippen LogP contribution in [0.5, 0.6) is 5.75 Å². The van der Waals surface area contributed by atoms with Gasteiger partial charge in [0.15, 0.2) is 0 Å². The lowest BCUT2D eigenvalue weighted by Gasteiger charge is -2.33. The summed E-state index contributed by atoms with van der Waals surface area (Å²) in [5.41, 5.74) is 1.22. The van der Waals surface area contributed by atoms with E-state index in [0.717, 1.165) is 57.6 Å². The van der Waals surface area contributed by atoms with Gasteiger partial charge in [-0.1, -0.05) is 12.1 Å². The summed E-state index contributed by atoms with van der Waals surface area (Å²) < 4.78 is 5.28. The van der Waals surface area contributed by atoms with Gasteiger partial charge in [0.25, 0.3) is 0 Å².